The normalized spacial score (nSPS) is 15.8. The molecular formula is C62H64N4O9S3. The molecule has 1 amide bonds. The van der Waals surface area contributed by atoms with E-state index < -0.39 is 5.91 Å². The molecule has 0 unspecified atom stereocenters. The lowest BCUT2D eigenvalue weighted by Crippen LogP contribution is -2.30. The van der Waals surface area contributed by atoms with Crippen LogP contribution in [0.2, 0.25) is 0 Å². The Morgan fingerprint density at radius 1 is 0.474 bits per heavy atom. The second-order valence-corrected chi connectivity index (χ2v) is 17.9. The first kappa shape index (κ1) is 59.4. The lowest BCUT2D eigenvalue weighted by molar-refractivity contribution is 0.0591. The third-order valence-corrected chi connectivity index (χ3v) is 13.3. The summed E-state index contributed by atoms with van der Waals surface area (Å²) in [6, 6.07) is 67.8. The number of nitrogens with one attached hydrogen (secondary N) is 2. The molecule has 0 spiro atoms. The fraction of sp³-hybridized carbons (Fsp3) is 0.177. The van der Waals surface area contributed by atoms with E-state index in [0.29, 0.717) is 61.9 Å². The van der Waals surface area contributed by atoms with Crippen LogP contribution in [0.5, 0.6) is 17.2 Å². The van der Waals surface area contributed by atoms with Crippen molar-refractivity contribution in [3.63, 3.8) is 0 Å². The topological polar surface area (TPSA) is 148 Å². The lowest BCUT2D eigenvalue weighted by Gasteiger charge is -2.31. The average molecular weight is 1110 g/mol. The van der Waals surface area contributed by atoms with Crippen LogP contribution in [0, 0.1) is 0 Å². The second-order valence-electron chi connectivity index (χ2n) is 17.9. The van der Waals surface area contributed by atoms with E-state index in [0.717, 1.165) is 39.6 Å². The molecule has 3 heterocycles. The molecular weight excluding hydrogens is 1040 g/mol. The number of benzene rings is 8. The van der Waals surface area contributed by atoms with Crippen molar-refractivity contribution in [3.8, 4) is 17.2 Å². The fourth-order valence-electron chi connectivity index (χ4n) is 9.32. The Kier molecular flexibility index (Phi) is 22.1. The number of hydrogen-bond donors (Lipinski definition) is 3. The van der Waals surface area contributed by atoms with Crippen molar-refractivity contribution >= 4 is 69.7 Å². The SMILES string of the molecule is COC(=O)c1ccc2c(c1)OC[C@H](c1ccccc1)N(c1ccccc1)C2.COC(=O)c1ccc2c(c1)OC[C@H](c1ccccc1)NC2.O=C(NO)c1ccc2c(c1)OC[C@H](c1ccccc1)N(c1ccccc1)C2.S.S.S. The van der Waals surface area contributed by atoms with Crippen LogP contribution in [-0.2, 0) is 29.1 Å². The van der Waals surface area contributed by atoms with E-state index in [9.17, 15) is 14.4 Å². The summed E-state index contributed by atoms with van der Waals surface area (Å²) in [5.41, 5.74) is 11.9. The van der Waals surface area contributed by atoms with Gasteiger partial charge in [0.2, 0.25) is 0 Å². The molecule has 0 saturated carbocycles. The first-order valence-electron chi connectivity index (χ1n) is 24.7. The third kappa shape index (κ3) is 14.6. The number of rotatable bonds is 8. The zero-order chi connectivity index (χ0) is 51.9. The van der Waals surface area contributed by atoms with Gasteiger partial charge in [0.25, 0.3) is 5.91 Å². The van der Waals surface area contributed by atoms with Crippen LogP contribution in [-0.4, -0.2) is 57.1 Å². The number of anilines is 2. The first-order chi connectivity index (χ1) is 36.8. The van der Waals surface area contributed by atoms with E-state index in [-0.39, 0.29) is 70.6 Å². The van der Waals surface area contributed by atoms with Gasteiger partial charge in [0.05, 0.1) is 43.5 Å². The second kappa shape index (κ2) is 29.0. The summed E-state index contributed by atoms with van der Waals surface area (Å²) in [4.78, 5) is 39.8. The number of hydroxylamine groups is 1. The van der Waals surface area contributed by atoms with Crippen molar-refractivity contribution in [1.29, 1.82) is 0 Å². The summed E-state index contributed by atoms with van der Waals surface area (Å²) in [6.45, 7) is 3.53. The molecule has 16 heteroatoms. The summed E-state index contributed by atoms with van der Waals surface area (Å²) in [5.74, 6) is 0.880. The highest BCUT2D eigenvalue weighted by Gasteiger charge is 2.29. The Morgan fingerprint density at radius 3 is 1.26 bits per heavy atom. The van der Waals surface area contributed by atoms with Gasteiger partial charge in [-0.3, -0.25) is 10.0 Å². The highest BCUT2D eigenvalue weighted by atomic mass is 32.1. The number of carbonyl (C=O) groups is 3. The number of fused-ring (bicyclic) bond motifs is 3. The van der Waals surface area contributed by atoms with Gasteiger partial charge in [-0.2, -0.15) is 40.5 Å². The van der Waals surface area contributed by atoms with Gasteiger partial charge in [0.1, 0.15) is 37.1 Å². The number of hydrogen-bond acceptors (Lipinski definition) is 12. The minimum Gasteiger partial charge on any atom is -0.491 e. The molecule has 8 aromatic carbocycles. The molecule has 0 radical (unpaired) electrons. The number of ether oxygens (including phenoxy) is 5. The van der Waals surface area contributed by atoms with Crippen LogP contribution < -0.4 is 34.8 Å². The van der Waals surface area contributed by atoms with Crippen LogP contribution >= 0.6 is 40.5 Å². The highest BCUT2D eigenvalue weighted by Crippen LogP contribution is 2.38. The smallest absolute Gasteiger partial charge is 0.337 e. The van der Waals surface area contributed by atoms with Gasteiger partial charge in [0.15, 0.2) is 0 Å². The van der Waals surface area contributed by atoms with E-state index in [1.54, 1.807) is 41.9 Å². The van der Waals surface area contributed by atoms with Crippen LogP contribution in [0.3, 0.4) is 0 Å². The summed E-state index contributed by atoms with van der Waals surface area (Å²) < 4.78 is 27.7. The molecule has 404 valence electrons. The zero-order valence-electron chi connectivity index (χ0n) is 43.2. The molecule has 78 heavy (non-hydrogen) atoms. The first-order valence-corrected chi connectivity index (χ1v) is 24.7. The Balaban J connectivity index is 0.000000187. The molecule has 3 aliphatic heterocycles. The third-order valence-electron chi connectivity index (χ3n) is 13.3. The van der Waals surface area contributed by atoms with E-state index in [1.165, 1.54) is 30.9 Å². The molecule has 11 rings (SSSR count). The van der Waals surface area contributed by atoms with Crippen molar-refractivity contribution in [1.82, 2.24) is 10.8 Å². The Hall–Kier alpha value is -7.86. The Labute approximate surface area is 476 Å². The van der Waals surface area contributed by atoms with Crippen molar-refractivity contribution < 1.29 is 43.3 Å². The number of amides is 1. The lowest BCUT2D eigenvalue weighted by atomic mass is 10.0. The van der Waals surface area contributed by atoms with E-state index in [4.69, 9.17) is 28.9 Å². The minimum atomic E-state index is -0.551. The standard InChI is InChI=1S/C23H21NO3.C22H20N2O3.C17H17NO3.3H2S/c1-26-23(25)18-12-13-19-15-24(20-10-6-3-7-11-20)21(16-27-22(19)14-18)17-8-4-2-5-9-17;25-22(23-26)17-11-12-18-14-24(19-9-5-2-6-10-19)20(15-27-21(18)13-17)16-7-3-1-4-8-16;1-20-17(19)13-7-8-14-10-18-15(11-21-16(14)9-13)12-5-3-2-4-6-12;;;/h2-14,21H,15-16H2,1H3;1-13,20,26H,14-15H2,(H,23,25);2-9,15,18H,10-11H2,1H3;3*1H2/t21-;20-;15-;;;/m111.../s1. The van der Waals surface area contributed by atoms with Gasteiger partial charge in [-0.25, -0.2) is 15.1 Å². The maximum Gasteiger partial charge on any atom is 0.337 e. The highest BCUT2D eigenvalue weighted by molar-refractivity contribution is 7.59. The van der Waals surface area contributed by atoms with Crippen molar-refractivity contribution in [2.45, 2.75) is 37.8 Å². The maximum atomic E-state index is 11.9. The van der Waals surface area contributed by atoms with Gasteiger partial charge in [0, 0.05) is 53.3 Å². The fourth-order valence-corrected chi connectivity index (χ4v) is 9.32. The summed E-state index contributed by atoms with van der Waals surface area (Å²) in [5, 5.41) is 12.4. The Bertz CT molecular complexity index is 3030. The monoisotopic (exact) mass is 1100 g/mol. The van der Waals surface area contributed by atoms with Crippen LogP contribution in [0.1, 0.15) is 82.6 Å². The molecule has 0 fully saturated rings. The predicted octanol–water partition coefficient (Wildman–Crippen LogP) is 11.6. The molecule has 13 nitrogen and oxygen atoms in total. The van der Waals surface area contributed by atoms with E-state index in [2.05, 4.69) is 75.8 Å². The molecule has 3 atom stereocenters. The molecule has 0 saturated heterocycles. The number of esters is 2. The van der Waals surface area contributed by atoms with Gasteiger partial charge in [-0.1, -0.05) is 146 Å². The molecule has 0 aromatic heterocycles. The van der Waals surface area contributed by atoms with Gasteiger partial charge < -0.3 is 38.8 Å². The van der Waals surface area contributed by atoms with E-state index >= 15 is 0 Å². The zero-order valence-corrected chi connectivity index (χ0v) is 46.2. The van der Waals surface area contributed by atoms with Crippen molar-refractivity contribution in [2.24, 2.45) is 0 Å². The number of methoxy groups -OCH3 is 2. The Morgan fingerprint density at radius 2 is 0.833 bits per heavy atom. The summed E-state index contributed by atoms with van der Waals surface area (Å²) in [7, 11) is 2.76. The van der Waals surface area contributed by atoms with Crippen molar-refractivity contribution in [2.75, 3.05) is 43.8 Å². The van der Waals surface area contributed by atoms with Crippen LogP contribution in [0.4, 0.5) is 11.4 Å². The molecule has 0 bridgehead atoms. The quantitative estimate of drug-likeness (QED) is 0.0756. The number of nitrogens with zero attached hydrogens (tertiary/aromatic N) is 2. The number of carbonyl (C=O) groups excluding carboxylic acids is 3. The van der Waals surface area contributed by atoms with Gasteiger partial charge in [-0.15, -0.1) is 0 Å². The molecule has 3 N–H and O–H groups in total. The molecule has 0 aliphatic carbocycles. The van der Waals surface area contributed by atoms with Crippen LogP contribution in [0.25, 0.3) is 0 Å². The van der Waals surface area contributed by atoms with Crippen LogP contribution in [0.15, 0.2) is 206 Å². The average Bonchev–Trinajstić information content (AvgIpc) is 3.93. The molecule has 3 aliphatic rings. The van der Waals surface area contributed by atoms with Gasteiger partial charge >= 0.3 is 11.9 Å². The van der Waals surface area contributed by atoms with Crippen molar-refractivity contribution in [3.05, 3.63) is 256 Å². The summed E-state index contributed by atoms with van der Waals surface area (Å²) in [6.07, 6.45) is 0. The number of para-hydroxylation sites is 2. The van der Waals surface area contributed by atoms with E-state index in [1.807, 2.05) is 109 Å². The molecule has 8 aromatic rings. The predicted molar refractivity (Wildman–Crippen MR) is 319 cm³/mol. The summed E-state index contributed by atoms with van der Waals surface area (Å²) >= 11 is 0. The minimum absolute atomic E-state index is 0. The maximum absolute atomic E-state index is 11.9. The van der Waals surface area contributed by atoms with Gasteiger partial charge in [-0.05, 0) is 77.4 Å². The largest absolute Gasteiger partial charge is 0.491 e.